The van der Waals surface area contributed by atoms with Crippen LogP contribution in [-0.4, -0.2) is 19.3 Å². The first-order valence-corrected chi connectivity index (χ1v) is 7.56. The van der Waals surface area contributed by atoms with Crippen LogP contribution in [0.2, 0.25) is 0 Å². The number of hydrogen-bond donors (Lipinski definition) is 0. The lowest BCUT2D eigenvalue weighted by atomic mass is 10.2. The average molecular weight is 338 g/mol. The summed E-state index contributed by atoms with van der Waals surface area (Å²) in [6.07, 6.45) is 2.81. The van der Waals surface area contributed by atoms with Crippen molar-refractivity contribution in [2.75, 3.05) is 0 Å². The van der Waals surface area contributed by atoms with Crippen LogP contribution in [-0.2, 0) is 6.54 Å². The minimum Gasteiger partial charge on any atom is -0.294 e. The Balaban J connectivity index is 1.79. The third kappa shape index (κ3) is 2.69. The molecule has 7 heteroatoms. The smallest absolute Gasteiger partial charge is 0.264 e. The second-order valence-corrected chi connectivity index (χ2v) is 5.52. The molecule has 0 radical (unpaired) electrons. The van der Waals surface area contributed by atoms with Gasteiger partial charge in [-0.05, 0) is 24.3 Å². The Labute approximate surface area is 140 Å². The van der Waals surface area contributed by atoms with Crippen molar-refractivity contribution in [3.63, 3.8) is 0 Å². The molecule has 4 rings (SSSR count). The van der Waals surface area contributed by atoms with Crippen molar-refractivity contribution in [1.29, 1.82) is 0 Å². The summed E-state index contributed by atoms with van der Waals surface area (Å²) in [5, 5.41) is 4.55. The lowest BCUT2D eigenvalue weighted by Crippen LogP contribution is -2.21. The summed E-state index contributed by atoms with van der Waals surface area (Å²) in [6.45, 7) is -0.239. The van der Waals surface area contributed by atoms with Gasteiger partial charge in [-0.25, -0.2) is 18.4 Å². The Hall–Kier alpha value is -3.35. The molecule has 0 aliphatic carbocycles. The summed E-state index contributed by atoms with van der Waals surface area (Å²) < 4.78 is 30.3. The lowest BCUT2D eigenvalue weighted by Gasteiger charge is -2.07. The van der Waals surface area contributed by atoms with Gasteiger partial charge in [-0.3, -0.25) is 9.36 Å². The van der Waals surface area contributed by atoms with Gasteiger partial charge in [-0.1, -0.05) is 24.3 Å². The Morgan fingerprint density at radius 2 is 1.68 bits per heavy atom. The van der Waals surface area contributed by atoms with Crippen LogP contribution in [0.5, 0.6) is 0 Å². The van der Waals surface area contributed by atoms with Gasteiger partial charge in [0.1, 0.15) is 23.3 Å². The second-order valence-electron chi connectivity index (χ2n) is 5.52. The fraction of sp³-hybridized carbons (Fsp3) is 0.0556. The van der Waals surface area contributed by atoms with Crippen LogP contribution in [0, 0.1) is 11.6 Å². The third-order valence-electron chi connectivity index (χ3n) is 3.92. The monoisotopic (exact) mass is 338 g/mol. The molecule has 2 heterocycles. The number of halogens is 2. The van der Waals surface area contributed by atoms with E-state index in [1.165, 1.54) is 17.0 Å². The minimum atomic E-state index is -0.702. The maximum atomic E-state index is 13.8. The van der Waals surface area contributed by atoms with E-state index in [1.807, 2.05) is 30.3 Å². The van der Waals surface area contributed by atoms with Crippen LogP contribution in [0.4, 0.5) is 8.78 Å². The fourth-order valence-electron chi connectivity index (χ4n) is 2.62. The molecule has 0 aliphatic heterocycles. The molecule has 0 amide bonds. The molecule has 2 aromatic heterocycles. The number of para-hydroxylation sites is 1. The molecule has 0 saturated heterocycles. The van der Waals surface area contributed by atoms with Gasteiger partial charge in [0.25, 0.3) is 5.56 Å². The predicted molar refractivity (Wildman–Crippen MR) is 88.6 cm³/mol. The van der Waals surface area contributed by atoms with Gasteiger partial charge in [-0.2, -0.15) is 0 Å². The fourth-order valence-corrected chi connectivity index (χ4v) is 2.62. The van der Waals surface area contributed by atoms with E-state index >= 15 is 0 Å². The van der Waals surface area contributed by atoms with Crippen LogP contribution in [0.3, 0.4) is 0 Å². The molecule has 4 aromatic rings. The van der Waals surface area contributed by atoms with Gasteiger partial charge in [0.2, 0.25) is 0 Å². The molecule has 0 aliphatic rings. The molecule has 0 unspecified atom stereocenters. The van der Waals surface area contributed by atoms with Crippen molar-refractivity contribution in [3.8, 4) is 5.69 Å². The van der Waals surface area contributed by atoms with Crippen LogP contribution >= 0.6 is 0 Å². The molecule has 25 heavy (non-hydrogen) atoms. The number of rotatable bonds is 3. The van der Waals surface area contributed by atoms with Crippen molar-refractivity contribution >= 4 is 11.0 Å². The molecular weight excluding hydrogens is 326 g/mol. The van der Waals surface area contributed by atoms with Crippen LogP contribution in [0.15, 0.2) is 65.8 Å². The largest absolute Gasteiger partial charge is 0.294 e. The first kappa shape index (κ1) is 15.2. The number of fused-ring (bicyclic) bond motifs is 1. The van der Waals surface area contributed by atoms with Crippen LogP contribution < -0.4 is 5.56 Å². The van der Waals surface area contributed by atoms with E-state index in [-0.39, 0.29) is 23.1 Å². The number of benzene rings is 2. The van der Waals surface area contributed by atoms with Crippen molar-refractivity contribution < 1.29 is 8.78 Å². The third-order valence-corrected chi connectivity index (χ3v) is 3.92. The molecule has 2 aromatic carbocycles. The van der Waals surface area contributed by atoms with Gasteiger partial charge in [0, 0.05) is 11.8 Å². The first-order chi connectivity index (χ1) is 12.1. The van der Waals surface area contributed by atoms with E-state index in [1.54, 1.807) is 10.9 Å². The second kappa shape index (κ2) is 5.94. The highest BCUT2D eigenvalue weighted by Crippen LogP contribution is 2.14. The van der Waals surface area contributed by atoms with Gasteiger partial charge in [0.05, 0.1) is 12.2 Å². The highest BCUT2D eigenvalue weighted by Gasteiger charge is 2.13. The lowest BCUT2D eigenvalue weighted by molar-refractivity contribution is 0.541. The topological polar surface area (TPSA) is 52.7 Å². The van der Waals surface area contributed by atoms with E-state index in [9.17, 15) is 13.6 Å². The molecule has 5 nitrogen and oxygen atoms in total. The van der Waals surface area contributed by atoms with E-state index in [4.69, 9.17) is 0 Å². The summed E-state index contributed by atoms with van der Waals surface area (Å²) in [5.74, 6) is -1.40. The molecule has 0 bridgehead atoms. The maximum Gasteiger partial charge on any atom is 0.264 e. The predicted octanol–water partition coefficient (Wildman–Crippen LogP) is 2.91. The van der Waals surface area contributed by atoms with E-state index < -0.39 is 17.2 Å². The Morgan fingerprint density at radius 1 is 0.960 bits per heavy atom. The number of nitrogens with zero attached hydrogens (tertiary/aromatic N) is 4. The van der Waals surface area contributed by atoms with Gasteiger partial charge in [0.15, 0.2) is 5.65 Å². The van der Waals surface area contributed by atoms with E-state index in [0.717, 1.165) is 17.8 Å². The number of hydrogen-bond acceptors (Lipinski definition) is 3. The van der Waals surface area contributed by atoms with Crippen molar-refractivity contribution in [2.45, 2.75) is 6.54 Å². The van der Waals surface area contributed by atoms with Crippen molar-refractivity contribution in [1.82, 2.24) is 19.3 Å². The number of aromatic nitrogens is 4. The first-order valence-electron chi connectivity index (χ1n) is 7.56. The normalized spacial score (nSPS) is 11.1. The minimum absolute atomic E-state index is 0.179. The van der Waals surface area contributed by atoms with Crippen LogP contribution in [0.25, 0.3) is 16.7 Å². The standard InChI is InChI=1S/C18H12F2N4O/c19-15-7-4-8-16(20)13(15)9-23-11-21-17-14(18(23)25)10-24(22-17)12-5-2-1-3-6-12/h1-8,10-11H,9H2. The average Bonchev–Trinajstić information content (AvgIpc) is 3.06. The zero-order valence-corrected chi connectivity index (χ0v) is 12.9. The molecule has 0 saturated carbocycles. The molecular formula is C18H12F2N4O. The molecule has 0 spiro atoms. The van der Waals surface area contributed by atoms with Gasteiger partial charge >= 0.3 is 0 Å². The molecule has 0 fully saturated rings. The summed E-state index contributed by atoms with van der Waals surface area (Å²) >= 11 is 0. The zero-order chi connectivity index (χ0) is 17.4. The highest BCUT2D eigenvalue weighted by molar-refractivity contribution is 5.73. The van der Waals surface area contributed by atoms with Gasteiger partial charge in [-0.15, -0.1) is 5.10 Å². The zero-order valence-electron chi connectivity index (χ0n) is 12.9. The van der Waals surface area contributed by atoms with Crippen molar-refractivity contribution in [2.24, 2.45) is 0 Å². The van der Waals surface area contributed by atoms with Crippen molar-refractivity contribution in [3.05, 3.63) is 88.6 Å². The molecule has 0 N–H and O–H groups in total. The molecule has 124 valence electrons. The summed E-state index contributed by atoms with van der Waals surface area (Å²) in [6, 6.07) is 12.9. The Kier molecular flexibility index (Phi) is 3.61. The Morgan fingerprint density at radius 3 is 2.40 bits per heavy atom. The molecule has 0 atom stereocenters. The SMILES string of the molecule is O=c1c2cn(-c3ccccc3)nc2ncn1Cc1c(F)cccc1F. The Bertz CT molecular complexity index is 1100. The summed E-state index contributed by atoms with van der Waals surface area (Å²) in [5.41, 5.74) is 0.474. The maximum absolute atomic E-state index is 13.8. The van der Waals surface area contributed by atoms with Gasteiger partial charge < -0.3 is 0 Å². The summed E-state index contributed by atoms with van der Waals surface area (Å²) in [4.78, 5) is 16.8. The van der Waals surface area contributed by atoms with E-state index in [0.29, 0.717) is 0 Å². The summed E-state index contributed by atoms with van der Waals surface area (Å²) in [7, 11) is 0. The highest BCUT2D eigenvalue weighted by atomic mass is 19.1. The van der Waals surface area contributed by atoms with E-state index in [2.05, 4.69) is 10.1 Å². The quantitative estimate of drug-likeness (QED) is 0.577. The van der Waals surface area contributed by atoms with Crippen LogP contribution in [0.1, 0.15) is 5.56 Å².